The van der Waals surface area contributed by atoms with Gasteiger partial charge in [-0.3, -0.25) is 0 Å². The molecule has 0 bridgehead atoms. The first kappa shape index (κ1) is 12.4. The van der Waals surface area contributed by atoms with E-state index in [-0.39, 0.29) is 6.04 Å². The Labute approximate surface area is 104 Å². The zero-order valence-corrected chi connectivity index (χ0v) is 10.7. The fourth-order valence-electron chi connectivity index (χ4n) is 2.27. The van der Waals surface area contributed by atoms with Crippen LogP contribution in [0.2, 0.25) is 0 Å². The highest BCUT2D eigenvalue weighted by atomic mass is 16.5. The third-order valence-corrected chi connectivity index (χ3v) is 3.50. The molecule has 2 rings (SSSR count). The summed E-state index contributed by atoms with van der Waals surface area (Å²) in [5, 5.41) is 0. The Morgan fingerprint density at radius 1 is 1.53 bits per heavy atom. The number of rotatable bonds is 4. The third kappa shape index (κ3) is 3.20. The van der Waals surface area contributed by atoms with Crippen molar-refractivity contribution >= 4 is 0 Å². The van der Waals surface area contributed by atoms with E-state index in [1.165, 1.54) is 19.4 Å². The van der Waals surface area contributed by atoms with E-state index in [4.69, 9.17) is 10.5 Å². The van der Waals surface area contributed by atoms with E-state index in [1.807, 2.05) is 31.2 Å². The molecule has 1 aliphatic rings. The Balaban J connectivity index is 1.92. The average molecular weight is 234 g/mol. The summed E-state index contributed by atoms with van der Waals surface area (Å²) >= 11 is 0. The summed E-state index contributed by atoms with van der Waals surface area (Å²) < 4.78 is 5.85. The van der Waals surface area contributed by atoms with Gasteiger partial charge in [-0.25, -0.2) is 0 Å². The highest BCUT2D eigenvalue weighted by Crippen LogP contribution is 2.20. The molecule has 0 aromatic heterocycles. The molecule has 0 saturated carbocycles. The van der Waals surface area contributed by atoms with E-state index in [2.05, 4.69) is 11.9 Å². The molecule has 0 radical (unpaired) electrons. The molecule has 2 unspecified atom stereocenters. The number of hydrogen-bond acceptors (Lipinski definition) is 3. The number of likely N-dealkylation sites (N-methyl/N-ethyl adjacent to an activating group) is 1. The van der Waals surface area contributed by atoms with Gasteiger partial charge in [0.05, 0.1) is 0 Å². The Kier molecular flexibility index (Phi) is 4.02. The highest BCUT2D eigenvalue weighted by Gasteiger charge is 2.21. The summed E-state index contributed by atoms with van der Waals surface area (Å²) in [7, 11) is 2.17. The summed E-state index contributed by atoms with van der Waals surface area (Å²) in [6.45, 7) is 3.96. The second-order valence-electron chi connectivity index (χ2n) is 4.95. The molecule has 3 nitrogen and oxygen atoms in total. The monoisotopic (exact) mass is 234 g/mol. The molecular formula is C14H22N2O. The number of likely N-dealkylation sites (tertiary alicyclic amines) is 1. The molecule has 17 heavy (non-hydrogen) atoms. The van der Waals surface area contributed by atoms with Crippen molar-refractivity contribution in [3.63, 3.8) is 0 Å². The fraction of sp³-hybridized carbons (Fsp3) is 0.571. The van der Waals surface area contributed by atoms with Crippen LogP contribution in [0.25, 0.3) is 0 Å². The smallest absolute Gasteiger partial charge is 0.119 e. The number of ether oxygens (including phenoxy) is 1. The Bertz CT molecular complexity index is 365. The van der Waals surface area contributed by atoms with Crippen molar-refractivity contribution in [2.75, 3.05) is 20.2 Å². The standard InChI is InChI=1S/C14H22N2O/c1-11(15)12-5-3-7-14(9-12)17-10-13-6-4-8-16(13)2/h3,5,7,9,11,13H,4,6,8,10,15H2,1-2H3. The minimum atomic E-state index is 0.0627. The van der Waals surface area contributed by atoms with Gasteiger partial charge in [-0.1, -0.05) is 12.1 Å². The topological polar surface area (TPSA) is 38.5 Å². The lowest BCUT2D eigenvalue weighted by Gasteiger charge is -2.20. The van der Waals surface area contributed by atoms with Crippen molar-refractivity contribution in [3.05, 3.63) is 29.8 Å². The van der Waals surface area contributed by atoms with Crippen LogP contribution in [-0.4, -0.2) is 31.1 Å². The zero-order chi connectivity index (χ0) is 12.3. The molecule has 0 amide bonds. The molecule has 2 atom stereocenters. The van der Waals surface area contributed by atoms with Gasteiger partial charge in [0, 0.05) is 12.1 Å². The first-order valence-corrected chi connectivity index (χ1v) is 6.35. The third-order valence-electron chi connectivity index (χ3n) is 3.50. The van der Waals surface area contributed by atoms with Crippen molar-refractivity contribution in [1.82, 2.24) is 4.90 Å². The number of nitrogens with zero attached hydrogens (tertiary/aromatic N) is 1. The molecule has 1 saturated heterocycles. The van der Waals surface area contributed by atoms with E-state index in [0.29, 0.717) is 6.04 Å². The average Bonchev–Trinajstić information content (AvgIpc) is 2.72. The summed E-state index contributed by atoms with van der Waals surface area (Å²) in [5.41, 5.74) is 6.99. The van der Waals surface area contributed by atoms with Crippen LogP contribution in [0.15, 0.2) is 24.3 Å². The van der Waals surface area contributed by atoms with E-state index in [1.54, 1.807) is 0 Å². The maximum atomic E-state index is 5.86. The lowest BCUT2D eigenvalue weighted by atomic mass is 10.1. The fourth-order valence-corrected chi connectivity index (χ4v) is 2.27. The van der Waals surface area contributed by atoms with Crippen LogP contribution in [0.1, 0.15) is 31.4 Å². The largest absolute Gasteiger partial charge is 0.492 e. The first-order chi connectivity index (χ1) is 8.16. The zero-order valence-electron chi connectivity index (χ0n) is 10.7. The maximum absolute atomic E-state index is 5.86. The molecule has 1 aliphatic heterocycles. The van der Waals surface area contributed by atoms with Gasteiger partial charge in [0.15, 0.2) is 0 Å². The molecule has 1 fully saturated rings. The summed E-state index contributed by atoms with van der Waals surface area (Å²) in [6, 6.07) is 8.72. The van der Waals surface area contributed by atoms with Crippen LogP contribution < -0.4 is 10.5 Å². The normalized spacial score (nSPS) is 22.6. The minimum Gasteiger partial charge on any atom is -0.492 e. The summed E-state index contributed by atoms with van der Waals surface area (Å²) in [5.74, 6) is 0.931. The quantitative estimate of drug-likeness (QED) is 0.868. The molecular weight excluding hydrogens is 212 g/mol. The van der Waals surface area contributed by atoms with Gasteiger partial charge in [0.25, 0.3) is 0 Å². The Hall–Kier alpha value is -1.06. The lowest BCUT2D eigenvalue weighted by Crippen LogP contribution is -2.30. The minimum absolute atomic E-state index is 0.0627. The second-order valence-corrected chi connectivity index (χ2v) is 4.95. The van der Waals surface area contributed by atoms with Crippen molar-refractivity contribution in [2.24, 2.45) is 5.73 Å². The van der Waals surface area contributed by atoms with Crippen LogP contribution in [-0.2, 0) is 0 Å². The Morgan fingerprint density at radius 2 is 2.35 bits per heavy atom. The number of hydrogen-bond donors (Lipinski definition) is 1. The van der Waals surface area contributed by atoms with Crippen LogP contribution in [0, 0.1) is 0 Å². The van der Waals surface area contributed by atoms with Crippen molar-refractivity contribution < 1.29 is 4.74 Å². The van der Waals surface area contributed by atoms with Gasteiger partial charge < -0.3 is 15.4 Å². The molecule has 2 N–H and O–H groups in total. The molecule has 0 aliphatic carbocycles. The van der Waals surface area contributed by atoms with Gasteiger partial charge in [0.2, 0.25) is 0 Å². The van der Waals surface area contributed by atoms with Gasteiger partial charge in [-0.2, -0.15) is 0 Å². The van der Waals surface area contributed by atoms with Gasteiger partial charge in [0.1, 0.15) is 12.4 Å². The maximum Gasteiger partial charge on any atom is 0.119 e. The molecule has 1 heterocycles. The summed E-state index contributed by atoms with van der Waals surface area (Å²) in [6.07, 6.45) is 2.52. The second kappa shape index (κ2) is 5.52. The van der Waals surface area contributed by atoms with E-state index in [9.17, 15) is 0 Å². The van der Waals surface area contributed by atoms with Gasteiger partial charge >= 0.3 is 0 Å². The van der Waals surface area contributed by atoms with Crippen LogP contribution in [0.4, 0.5) is 0 Å². The highest BCUT2D eigenvalue weighted by molar-refractivity contribution is 5.30. The SMILES string of the molecule is CC(N)c1cccc(OCC2CCCN2C)c1. The van der Waals surface area contributed by atoms with E-state index >= 15 is 0 Å². The molecule has 1 aromatic rings. The predicted octanol–water partition coefficient (Wildman–Crippen LogP) is 2.18. The molecule has 94 valence electrons. The number of nitrogens with two attached hydrogens (primary N) is 1. The lowest BCUT2D eigenvalue weighted by molar-refractivity contribution is 0.198. The van der Waals surface area contributed by atoms with Crippen LogP contribution >= 0.6 is 0 Å². The molecule has 3 heteroatoms. The number of benzene rings is 1. The van der Waals surface area contributed by atoms with E-state index < -0.39 is 0 Å². The van der Waals surface area contributed by atoms with Crippen molar-refractivity contribution in [3.8, 4) is 5.75 Å². The summed E-state index contributed by atoms with van der Waals surface area (Å²) in [4.78, 5) is 2.37. The van der Waals surface area contributed by atoms with Gasteiger partial charge in [-0.15, -0.1) is 0 Å². The van der Waals surface area contributed by atoms with Crippen molar-refractivity contribution in [2.45, 2.75) is 31.8 Å². The predicted molar refractivity (Wildman–Crippen MR) is 70.2 cm³/mol. The van der Waals surface area contributed by atoms with Gasteiger partial charge in [-0.05, 0) is 51.1 Å². The molecule has 1 aromatic carbocycles. The first-order valence-electron chi connectivity index (χ1n) is 6.35. The molecule has 0 spiro atoms. The van der Waals surface area contributed by atoms with E-state index in [0.717, 1.165) is 17.9 Å². The van der Waals surface area contributed by atoms with Crippen molar-refractivity contribution in [1.29, 1.82) is 0 Å². The van der Waals surface area contributed by atoms with Crippen LogP contribution in [0.3, 0.4) is 0 Å². The van der Waals surface area contributed by atoms with Crippen LogP contribution in [0.5, 0.6) is 5.75 Å². The Morgan fingerprint density at radius 3 is 3.00 bits per heavy atom.